The molecule has 3 amide bonds. The molecule has 3 heterocycles. The third-order valence-electron chi connectivity index (χ3n) is 9.49. The van der Waals surface area contributed by atoms with E-state index in [2.05, 4.69) is 30.7 Å². The van der Waals surface area contributed by atoms with Crippen LogP contribution >= 0.6 is 11.6 Å². The molecule has 3 aromatic rings. The number of imidazole rings is 1. The monoisotopic (exact) mass is 648 g/mol. The van der Waals surface area contributed by atoms with E-state index in [0.717, 1.165) is 44.2 Å². The number of hydrogen-bond donors (Lipinski definition) is 1. The number of pyridine rings is 1. The molecule has 5 atom stereocenters. The molecule has 46 heavy (non-hydrogen) atoms. The Morgan fingerprint density at radius 1 is 1.15 bits per heavy atom. The number of amides is 3. The molecule has 2 fully saturated rings. The normalized spacial score (nSPS) is 23.7. The number of likely N-dealkylation sites (tertiary alicyclic amines) is 1. The van der Waals surface area contributed by atoms with Crippen molar-refractivity contribution < 1.29 is 19.1 Å². The van der Waals surface area contributed by atoms with Crippen LogP contribution in [0.5, 0.6) is 5.75 Å². The molecule has 0 bridgehead atoms. The third kappa shape index (κ3) is 7.38. The molecule has 1 saturated carbocycles. The summed E-state index contributed by atoms with van der Waals surface area (Å²) in [4.78, 5) is 51.0. The Balaban J connectivity index is 1.50. The van der Waals surface area contributed by atoms with Crippen LogP contribution in [0.1, 0.15) is 81.4 Å². The Kier molecular flexibility index (Phi) is 10.4. The van der Waals surface area contributed by atoms with Gasteiger partial charge in [-0.1, -0.05) is 32.0 Å². The van der Waals surface area contributed by atoms with Gasteiger partial charge in [-0.05, 0) is 75.5 Å². The van der Waals surface area contributed by atoms with Crippen molar-refractivity contribution in [2.45, 2.75) is 84.4 Å². The summed E-state index contributed by atoms with van der Waals surface area (Å²) < 4.78 is 8.57. The third-order valence-corrected chi connectivity index (χ3v) is 9.78. The molecule has 5 rings (SSSR count). The van der Waals surface area contributed by atoms with E-state index >= 15 is 0 Å². The number of ether oxygens (including phenoxy) is 1. The lowest BCUT2D eigenvalue weighted by Gasteiger charge is -2.32. The van der Waals surface area contributed by atoms with Gasteiger partial charge in [0.1, 0.15) is 5.75 Å². The Hall–Kier alpha value is -3.92. The topological polar surface area (TPSA) is 110 Å². The number of aromatic nitrogens is 3. The number of nitrogens with zero attached hydrogens (tertiary/aromatic N) is 5. The molecular formula is C35H45ClN6O4. The predicted octanol–water partition coefficient (Wildman–Crippen LogP) is 6.44. The Morgan fingerprint density at radius 2 is 1.93 bits per heavy atom. The fourth-order valence-electron chi connectivity index (χ4n) is 7.11. The van der Waals surface area contributed by atoms with E-state index in [1.807, 2.05) is 35.6 Å². The van der Waals surface area contributed by atoms with Gasteiger partial charge in [0.25, 0.3) is 5.91 Å². The highest BCUT2D eigenvalue weighted by molar-refractivity contribution is 6.35. The molecule has 0 radical (unpaired) electrons. The van der Waals surface area contributed by atoms with E-state index in [-0.39, 0.29) is 41.8 Å². The number of nitrogens with one attached hydrogen (secondary N) is 1. The van der Waals surface area contributed by atoms with E-state index in [4.69, 9.17) is 21.3 Å². The lowest BCUT2D eigenvalue weighted by molar-refractivity contribution is -0.131. The molecule has 10 nitrogen and oxygen atoms in total. The van der Waals surface area contributed by atoms with Crippen LogP contribution in [0.2, 0.25) is 5.02 Å². The van der Waals surface area contributed by atoms with Gasteiger partial charge in [-0.15, -0.1) is 0 Å². The number of rotatable bonds is 7. The van der Waals surface area contributed by atoms with Gasteiger partial charge in [-0.3, -0.25) is 24.7 Å². The maximum Gasteiger partial charge on any atom is 0.258 e. The first kappa shape index (κ1) is 33.4. The van der Waals surface area contributed by atoms with E-state index in [1.165, 1.54) is 6.08 Å². The standard InChI is InChI=1S/C35H45ClN6O4/c1-7-32(44)41-13-9-8-10-26(20-41)42-33-29(36)18-28(46-27-14-21(2)15-31(22(3)16-27)40(6)24(5)43)19-30(33)38-35(42)39-34(45)25-11-12-37-23(4)17-25/h7,11-12,17-19,21-22,26-27,31H,1,8-10,13-16,20H2,2-6H3,(H,38,39,45)/t21?,22?,26-,27+,31+/m1/s1. The molecule has 1 aliphatic heterocycles. The molecule has 2 aromatic heterocycles. The van der Waals surface area contributed by atoms with Crippen LogP contribution in [0.15, 0.2) is 43.1 Å². The number of carbonyl (C=O) groups excluding carboxylic acids is 3. The molecule has 1 N–H and O–H groups in total. The average Bonchev–Trinajstić information content (AvgIpc) is 3.12. The van der Waals surface area contributed by atoms with Crippen LogP contribution in [0, 0.1) is 18.8 Å². The van der Waals surface area contributed by atoms with Gasteiger partial charge in [-0.2, -0.15) is 0 Å². The summed E-state index contributed by atoms with van der Waals surface area (Å²) in [5.74, 6) is 1.24. The minimum absolute atomic E-state index is 0.0552. The second-order valence-electron chi connectivity index (χ2n) is 13.1. The maximum atomic E-state index is 13.4. The maximum absolute atomic E-state index is 13.4. The second kappa shape index (κ2) is 14.2. The molecular weight excluding hydrogens is 604 g/mol. The molecule has 2 aliphatic rings. The summed E-state index contributed by atoms with van der Waals surface area (Å²) in [5.41, 5.74) is 2.47. The van der Waals surface area contributed by atoms with Crippen LogP contribution in [0.3, 0.4) is 0 Å². The molecule has 0 spiro atoms. The SMILES string of the molecule is C=CC(=O)N1CCCC[C@@H](n2c(NC(=O)c3ccnc(C)c3)nc3cc(O[C@H]4CC(C)C[C@H](N(C)C(C)=O)C(C)C4)cc(Cl)c32)C1. The average molecular weight is 649 g/mol. The van der Waals surface area contributed by atoms with Crippen molar-refractivity contribution in [1.82, 2.24) is 24.3 Å². The summed E-state index contributed by atoms with van der Waals surface area (Å²) >= 11 is 7.05. The quantitative estimate of drug-likeness (QED) is 0.233. The Bertz CT molecular complexity index is 1620. The van der Waals surface area contributed by atoms with E-state index in [9.17, 15) is 14.4 Å². The molecule has 1 aromatic carbocycles. The van der Waals surface area contributed by atoms with Gasteiger partial charge in [-0.25, -0.2) is 4.98 Å². The zero-order valence-corrected chi connectivity index (χ0v) is 28.2. The lowest BCUT2D eigenvalue weighted by atomic mass is 9.93. The number of carbonyl (C=O) groups is 3. The van der Waals surface area contributed by atoms with Crippen molar-refractivity contribution in [3.05, 3.63) is 59.4 Å². The first-order chi connectivity index (χ1) is 21.9. The highest BCUT2D eigenvalue weighted by Crippen LogP contribution is 2.38. The molecule has 1 saturated heterocycles. The van der Waals surface area contributed by atoms with Crippen molar-refractivity contribution in [2.24, 2.45) is 11.8 Å². The zero-order chi connectivity index (χ0) is 33.1. The van der Waals surface area contributed by atoms with Gasteiger partial charge in [0.05, 0.1) is 28.2 Å². The molecule has 11 heteroatoms. The number of halogens is 1. The summed E-state index contributed by atoms with van der Waals surface area (Å²) in [5, 5.41) is 3.48. The molecule has 2 unspecified atom stereocenters. The summed E-state index contributed by atoms with van der Waals surface area (Å²) in [6.07, 6.45) is 8.03. The minimum Gasteiger partial charge on any atom is -0.490 e. The minimum atomic E-state index is -0.311. The highest BCUT2D eigenvalue weighted by Gasteiger charge is 2.34. The van der Waals surface area contributed by atoms with E-state index in [0.29, 0.717) is 52.3 Å². The van der Waals surface area contributed by atoms with Crippen LogP contribution in [-0.4, -0.2) is 74.3 Å². The summed E-state index contributed by atoms with van der Waals surface area (Å²) in [7, 11) is 1.88. The van der Waals surface area contributed by atoms with E-state index in [1.54, 1.807) is 30.2 Å². The zero-order valence-electron chi connectivity index (χ0n) is 27.5. The van der Waals surface area contributed by atoms with Gasteiger partial charge >= 0.3 is 0 Å². The van der Waals surface area contributed by atoms with E-state index < -0.39 is 0 Å². The smallest absolute Gasteiger partial charge is 0.258 e. The second-order valence-corrected chi connectivity index (χ2v) is 13.5. The van der Waals surface area contributed by atoms with Gasteiger partial charge in [0.2, 0.25) is 17.8 Å². The van der Waals surface area contributed by atoms with Crippen LogP contribution in [0.25, 0.3) is 11.0 Å². The fraction of sp³-hybridized carbons (Fsp3) is 0.514. The number of hydrogen-bond acceptors (Lipinski definition) is 6. The largest absolute Gasteiger partial charge is 0.490 e. The number of anilines is 1. The van der Waals surface area contributed by atoms with Crippen LogP contribution in [0.4, 0.5) is 5.95 Å². The Morgan fingerprint density at radius 3 is 2.65 bits per heavy atom. The van der Waals surface area contributed by atoms with Crippen molar-refractivity contribution in [3.63, 3.8) is 0 Å². The first-order valence-corrected chi connectivity index (χ1v) is 16.6. The molecule has 1 aliphatic carbocycles. The van der Waals surface area contributed by atoms with Crippen molar-refractivity contribution in [1.29, 1.82) is 0 Å². The van der Waals surface area contributed by atoms with Crippen molar-refractivity contribution >= 4 is 46.3 Å². The first-order valence-electron chi connectivity index (χ1n) is 16.2. The van der Waals surface area contributed by atoms with Gasteiger partial charge < -0.3 is 19.1 Å². The lowest BCUT2D eigenvalue weighted by Crippen LogP contribution is -2.40. The fourth-order valence-corrected chi connectivity index (χ4v) is 7.40. The predicted molar refractivity (Wildman–Crippen MR) is 180 cm³/mol. The van der Waals surface area contributed by atoms with Crippen molar-refractivity contribution in [2.75, 3.05) is 25.5 Å². The summed E-state index contributed by atoms with van der Waals surface area (Å²) in [6.45, 7) is 12.6. The molecule has 246 valence electrons. The number of benzene rings is 1. The van der Waals surface area contributed by atoms with Crippen LogP contribution in [-0.2, 0) is 9.59 Å². The van der Waals surface area contributed by atoms with Crippen LogP contribution < -0.4 is 10.1 Å². The number of aryl methyl sites for hydroxylation is 1. The highest BCUT2D eigenvalue weighted by atomic mass is 35.5. The Labute approximate surface area is 276 Å². The summed E-state index contributed by atoms with van der Waals surface area (Å²) in [6, 6.07) is 7.08. The number of fused-ring (bicyclic) bond motifs is 1. The van der Waals surface area contributed by atoms with Crippen molar-refractivity contribution in [3.8, 4) is 5.75 Å². The van der Waals surface area contributed by atoms with Gasteiger partial charge in [0, 0.05) is 62.7 Å². The van der Waals surface area contributed by atoms with Gasteiger partial charge in [0.15, 0.2) is 0 Å².